The molecule has 1 N–H and O–H groups in total. The second-order valence-corrected chi connectivity index (χ2v) is 8.02. The summed E-state index contributed by atoms with van der Waals surface area (Å²) in [6, 6.07) is 10.9. The lowest BCUT2D eigenvalue weighted by atomic mass is 10.0. The summed E-state index contributed by atoms with van der Waals surface area (Å²) in [6.07, 6.45) is 3.61. The number of hydrogen-bond acceptors (Lipinski definition) is 4. The fraction of sp³-hybridized carbons (Fsp3) is 0.435. The Hall–Kier alpha value is -2.73. The third-order valence-corrected chi connectivity index (χ3v) is 5.37. The average Bonchev–Trinajstić information content (AvgIpc) is 2.73. The smallest absolute Gasteiger partial charge is 0.251 e. The second kappa shape index (κ2) is 9.65. The number of hydrogen-bond donors (Lipinski definition) is 1. The molecule has 154 valence electrons. The molecule has 1 unspecified atom stereocenters. The first-order chi connectivity index (χ1) is 13.9. The van der Waals surface area contributed by atoms with Crippen LogP contribution in [0.4, 0.5) is 0 Å². The fourth-order valence-electron chi connectivity index (χ4n) is 3.51. The number of nitrogens with zero attached hydrogens (tertiary/aromatic N) is 3. The lowest BCUT2D eigenvalue weighted by Gasteiger charge is -2.37. The normalized spacial score (nSPS) is 15.9. The van der Waals surface area contributed by atoms with Gasteiger partial charge in [-0.3, -0.25) is 19.5 Å². The first kappa shape index (κ1) is 21.0. The molecule has 1 aromatic heterocycles. The highest BCUT2D eigenvalue weighted by Crippen LogP contribution is 2.13. The van der Waals surface area contributed by atoms with E-state index in [-0.39, 0.29) is 17.7 Å². The van der Waals surface area contributed by atoms with Crippen LogP contribution < -0.4 is 5.32 Å². The molecular weight excluding hydrogens is 364 g/mol. The third kappa shape index (κ3) is 5.64. The number of aryl methyl sites for hydroxylation is 1. The van der Waals surface area contributed by atoms with E-state index in [9.17, 15) is 9.59 Å². The highest BCUT2D eigenvalue weighted by Gasteiger charge is 2.30. The van der Waals surface area contributed by atoms with Gasteiger partial charge >= 0.3 is 0 Å². The van der Waals surface area contributed by atoms with Gasteiger partial charge in [0.25, 0.3) is 5.91 Å². The minimum Gasteiger partial charge on any atom is -0.340 e. The fourth-order valence-corrected chi connectivity index (χ4v) is 3.51. The Morgan fingerprint density at radius 2 is 1.62 bits per heavy atom. The van der Waals surface area contributed by atoms with Crippen LogP contribution in [0.3, 0.4) is 0 Å². The standard InChI is InChI=1S/C23H30N4O2/c1-17(2)21(25-22(28)20-6-4-18(3)5-7-20)23(29)27-14-12-26(13-15-27)16-19-8-10-24-11-9-19/h4-11,17,21H,12-16H2,1-3H3,(H,25,28). The predicted molar refractivity (Wildman–Crippen MR) is 113 cm³/mol. The molecule has 1 atom stereocenters. The van der Waals surface area contributed by atoms with Crippen LogP contribution in [-0.4, -0.2) is 58.8 Å². The Morgan fingerprint density at radius 3 is 2.21 bits per heavy atom. The maximum absolute atomic E-state index is 13.1. The predicted octanol–water partition coefficient (Wildman–Crippen LogP) is 2.49. The van der Waals surface area contributed by atoms with Gasteiger partial charge < -0.3 is 10.2 Å². The average molecular weight is 395 g/mol. The van der Waals surface area contributed by atoms with Crippen LogP contribution in [0.2, 0.25) is 0 Å². The third-order valence-electron chi connectivity index (χ3n) is 5.37. The monoisotopic (exact) mass is 394 g/mol. The summed E-state index contributed by atoms with van der Waals surface area (Å²) in [5.74, 6) is -0.177. The molecule has 1 fully saturated rings. The SMILES string of the molecule is Cc1ccc(C(=O)NC(C(=O)N2CCN(Cc3ccncc3)CC2)C(C)C)cc1. The van der Waals surface area contributed by atoms with Crippen molar-refractivity contribution in [1.29, 1.82) is 0 Å². The van der Waals surface area contributed by atoms with Crippen LogP contribution in [0.1, 0.15) is 35.3 Å². The Morgan fingerprint density at radius 1 is 1.00 bits per heavy atom. The molecule has 0 saturated carbocycles. The number of carbonyl (C=O) groups is 2. The molecule has 0 bridgehead atoms. The molecule has 6 nitrogen and oxygen atoms in total. The minimum atomic E-state index is -0.518. The first-order valence-electron chi connectivity index (χ1n) is 10.2. The quantitative estimate of drug-likeness (QED) is 0.818. The van der Waals surface area contributed by atoms with Gasteiger partial charge in [0.15, 0.2) is 0 Å². The summed E-state index contributed by atoms with van der Waals surface area (Å²) < 4.78 is 0. The summed E-state index contributed by atoms with van der Waals surface area (Å²) in [7, 11) is 0. The molecule has 6 heteroatoms. The van der Waals surface area contributed by atoms with Crippen LogP contribution in [0.15, 0.2) is 48.8 Å². The molecule has 2 aromatic rings. The number of aromatic nitrogens is 1. The second-order valence-electron chi connectivity index (χ2n) is 8.02. The van der Waals surface area contributed by atoms with Crippen LogP contribution in [-0.2, 0) is 11.3 Å². The molecule has 0 aliphatic carbocycles. The van der Waals surface area contributed by atoms with E-state index in [2.05, 4.69) is 15.2 Å². The van der Waals surface area contributed by atoms with Gasteiger partial charge in [0.2, 0.25) is 5.91 Å². The summed E-state index contributed by atoms with van der Waals surface area (Å²) in [4.78, 5) is 34.0. The van der Waals surface area contributed by atoms with Gasteiger partial charge in [0, 0.05) is 50.7 Å². The van der Waals surface area contributed by atoms with Crippen molar-refractivity contribution in [1.82, 2.24) is 20.1 Å². The van der Waals surface area contributed by atoms with Crippen molar-refractivity contribution in [2.75, 3.05) is 26.2 Å². The number of benzene rings is 1. The molecule has 2 amide bonds. The van der Waals surface area contributed by atoms with Crippen molar-refractivity contribution in [2.24, 2.45) is 5.92 Å². The summed E-state index contributed by atoms with van der Waals surface area (Å²) in [6.45, 7) is 9.78. The molecule has 1 saturated heterocycles. The maximum Gasteiger partial charge on any atom is 0.251 e. The topological polar surface area (TPSA) is 65.5 Å². The van der Waals surface area contributed by atoms with E-state index in [0.29, 0.717) is 18.7 Å². The van der Waals surface area contributed by atoms with Crippen molar-refractivity contribution in [3.63, 3.8) is 0 Å². The zero-order valence-corrected chi connectivity index (χ0v) is 17.5. The zero-order valence-electron chi connectivity index (χ0n) is 17.5. The first-order valence-corrected chi connectivity index (χ1v) is 10.2. The molecular formula is C23H30N4O2. The van der Waals surface area contributed by atoms with Gasteiger partial charge in [-0.1, -0.05) is 31.5 Å². The van der Waals surface area contributed by atoms with E-state index in [1.165, 1.54) is 5.56 Å². The number of nitrogens with one attached hydrogen (secondary N) is 1. The van der Waals surface area contributed by atoms with Crippen LogP contribution in [0, 0.1) is 12.8 Å². The van der Waals surface area contributed by atoms with Gasteiger partial charge in [0.1, 0.15) is 6.04 Å². The van der Waals surface area contributed by atoms with Crippen molar-refractivity contribution < 1.29 is 9.59 Å². The molecule has 29 heavy (non-hydrogen) atoms. The molecule has 2 heterocycles. The molecule has 1 aliphatic rings. The van der Waals surface area contributed by atoms with Gasteiger partial charge in [-0.05, 0) is 42.7 Å². The summed E-state index contributed by atoms with van der Waals surface area (Å²) >= 11 is 0. The number of piperazine rings is 1. The summed E-state index contributed by atoms with van der Waals surface area (Å²) in [5.41, 5.74) is 2.91. The Kier molecular flexibility index (Phi) is 6.99. The number of rotatable bonds is 6. The summed E-state index contributed by atoms with van der Waals surface area (Å²) in [5, 5.41) is 2.95. The van der Waals surface area contributed by atoms with Crippen LogP contribution in [0.5, 0.6) is 0 Å². The minimum absolute atomic E-state index is 0.00372. The van der Waals surface area contributed by atoms with Gasteiger partial charge in [-0.2, -0.15) is 0 Å². The van der Waals surface area contributed by atoms with E-state index in [1.54, 1.807) is 24.5 Å². The van der Waals surface area contributed by atoms with Gasteiger partial charge in [-0.25, -0.2) is 0 Å². The Balaban J connectivity index is 1.57. The molecule has 3 rings (SSSR count). The van der Waals surface area contributed by atoms with Crippen LogP contribution >= 0.6 is 0 Å². The van der Waals surface area contributed by atoms with E-state index in [1.807, 2.05) is 49.9 Å². The van der Waals surface area contributed by atoms with Crippen molar-refractivity contribution in [3.05, 3.63) is 65.5 Å². The number of pyridine rings is 1. The largest absolute Gasteiger partial charge is 0.340 e. The van der Waals surface area contributed by atoms with Crippen molar-refractivity contribution in [3.8, 4) is 0 Å². The van der Waals surface area contributed by atoms with Crippen molar-refractivity contribution in [2.45, 2.75) is 33.4 Å². The highest BCUT2D eigenvalue weighted by atomic mass is 16.2. The number of amides is 2. The Bertz CT molecular complexity index is 813. The zero-order chi connectivity index (χ0) is 20.8. The Labute approximate surface area is 172 Å². The van der Waals surface area contributed by atoms with Crippen molar-refractivity contribution >= 4 is 11.8 Å². The maximum atomic E-state index is 13.1. The van der Waals surface area contributed by atoms with E-state index in [0.717, 1.165) is 25.2 Å². The van der Waals surface area contributed by atoms with Crippen LogP contribution in [0.25, 0.3) is 0 Å². The lowest BCUT2D eigenvalue weighted by molar-refractivity contribution is -0.136. The lowest BCUT2D eigenvalue weighted by Crippen LogP contribution is -2.56. The van der Waals surface area contributed by atoms with Gasteiger partial charge in [0.05, 0.1) is 0 Å². The van der Waals surface area contributed by atoms with Gasteiger partial charge in [-0.15, -0.1) is 0 Å². The number of carbonyl (C=O) groups excluding carboxylic acids is 2. The molecule has 0 spiro atoms. The molecule has 0 radical (unpaired) electrons. The molecule has 1 aliphatic heterocycles. The van der Waals surface area contributed by atoms with E-state index in [4.69, 9.17) is 0 Å². The van der Waals surface area contributed by atoms with E-state index < -0.39 is 6.04 Å². The highest BCUT2D eigenvalue weighted by molar-refractivity contribution is 5.97. The molecule has 1 aromatic carbocycles. The van der Waals surface area contributed by atoms with E-state index >= 15 is 0 Å².